The van der Waals surface area contributed by atoms with Crippen LogP contribution in [0.2, 0.25) is 0 Å². The lowest BCUT2D eigenvalue weighted by atomic mass is 10.0. The third kappa shape index (κ3) is 2.90. The number of amides is 1. The van der Waals surface area contributed by atoms with Gasteiger partial charge in [-0.15, -0.1) is 0 Å². The highest BCUT2D eigenvalue weighted by molar-refractivity contribution is 5.78. The van der Waals surface area contributed by atoms with Gasteiger partial charge in [-0.1, -0.05) is 24.3 Å². The monoisotopic (exact) mass is 350 g/mol. The summed E-state index contributed by atoms with van der Waals surface area (Å²) in [5, 5.41) is 5.99. The first-order valence-electron chi connectivity index (χ1n) is 8.20. The second-order valence-corrected chi connectivity index (χ2v) is 6.34. The van der Waals surface area contributed by atoms with Gasteiger partial charge in [0.25, 0.3) is 0 Å². The second kappa shape index (κ2) is 5.87. The highest BCUT2D eigenvalue weighted by Gasteiger charge is 2.39. The summed E-state index contributed by atoms with van der Waals surface area (Å²) < 4.78 is 41.1. The van der Waals surface area contributed by atoms with E-state index in [0.717, 1.165) is 12.0 Å². The molecule has 0 aliphatic carbocycles. The van der Waals surface area contributed by atoms with Crippen LogP contribution in [0.1, 0.15) is 36.0 Å². The van der Waals surface area contributed by atoms with Crippen molar-refractivity contribution in [2.24, 2.45) is 0 Å². The third-order valence-corrected chi connectivity index (χ3v) is 4.71. The Labute approximate surface area is 142 Å². The van der Waals surface area contributed by atoms with Crippen LogP contribution in [0.5, 0.6) is 0 Å². The summed E-state index contributed by atoms with van der Waals surface area (Å²) >= 11 is 0. The Bertz CT molecular complexity index is 811. The molecule has 8 heteroatoms. The molecule has 1 atom stereocenters. The zero-order chi connectivity index (χ0) is 17.6. The zero-order valence-electron chi connectivity index (χ0n) is 13.4. The van der Waals surface area contributed by atoms with Gasteiger partial charge in [0.2, 0.25) is 11.7 Å². The van der Waals surface area contributed by atoms with Crippen molar-refractivity contribution < 1.29 is 18.0 Å². The number of nitrogens with one attached hydrogen (secondary N) is 2. The molecule has 1 fully saturated rings. The maximum absolute atomic E-state index is 13.3. The van der Waals surface area contributed by atoms with Crippen molar-refractivity contribution in [2.45, 2.75) is 38.1 Å². The van der Waals surface area contributed by atoms with Crippen molar-refractivity contribution in [1.82, 2.24) is 20.2 Å². The van der Waals surface area contributed by atoms with E-state index in [1.165, 1.54) is 4.57 Å². The molecule has 4 rings (SSSR count). The average Bonchev–Trinajstić information content (AvgIpc) is 3.18. The normalized spacial score (nSPS) is 20.4. The lowest BCUT2D eigenvalue weighted by Crippen LogP contribution is -2.30. The SMILES string of the molecule is O=C1CCC(c2ccc(-c3nc(C(F)(F)F)n4c3CNCC4)cc2)N1. The van der Waals surface area contributed by atoms with E-state index in [1.54, 1.807) is 12.1 Å². The summed E-state index contributed by atoms with van der Waals surface area (Å²) in [6, 6.07) is 7.22. The molecule has 1 aromatic heterocycles. The molecule has 2 N–H and O–H groups in total. The summed E-state index contributed by atoms with van der Waals surface area (Å²) in [6.45, 7) is 1.11. The van der Waals surface area contributed by atoms with Gasteiger partial charge in [-0.2, -0.15) is 13.2 Å². The van der Waals surface area contributed by atoms with Crippen LogP contribution < -0.4 is 10.6 Å². The molecule has 2 aliphatic rings. The fourth-order valence-electron chi connectivity index (χ4n) is 3.49. The molecule has 0 spiro atoms. The summed E-state index contributed by atoms with van der Waals surface area (Å²) in [4.78, 5) is 15.2. The maximum Gasteiger partial charge on any atom is 0.449 e. The summed E-state index contributed by atoms with van der Waals surface area (Å²) in [6.07, 6.45) is -3.24. The number of carbonyl (C=O) groups is 1. The van der Waals surface area contributed by atoms with E-state index in [0.29, 0.717) is 36.5 Å². The number of benzene rings is 1. The second-order valence-electron chi connectivity index (χ2n) is 6.34. The van der Waals surface area contributed by atoms with E-state index in [4.69, 9.17) is 0 Å². The minimum Gasteiger partial charge on any atom is -0.349 e. The number of rotatable bonds is 2. The maximum atomic E-state index is 13.3. The largest absolute Gasteiger partial charge is 0.449 e. The van der Waals surface area contributed by atoms with E-state index >= 15 is 0 Å². The first-order valence-corrected chi connectivity index (χ1v) is 8.20. The molecular weight excluding hydrogens is 333 g/mol. The molecule has 5 nitrogen and oxygen atoms in total. The fraction of sp³-hybridized carbons (Fsp3) is 0.412. The minimum atomic E-state index is -4.47. The highest BCUT2D eigenvalue weighted by Crippen LogP contribution is 2.35. The van der Waals surface area contributed by atoms with Gasteiger partial charge in [0, 0.05) is 31.6 Å². The fourth-order valence-corrected chi connectivity index (χ4v) is 3.49. The van der Waals surface area contributed by atoms with Crippen LogP contribution in [0.25, 0.3) is 11.3 Å². The van der Waals surface area contributed by atoms with Crippen LogP contribution in [-0.4, -0.2) is 22.0 Å². The molecule has 1 aromatic carbocycles. The molecular formula is C17H17F3N4O. The minimum absolute atomic E-state index is 0.0233. The van der Waals surface area contributed by atoms with E-state index in [9.17, 15) is 18.0 Å². The Morgan fingerprint density at radius 1 is 1.20 bits per heavy atom. The number of alkyl halides is 3. The Hall–Kier alpha value is -2.35. The molecule has 1 amide bonds. The van der Waals surface area contributed by atoms with Crippen molar-refractivity contribution in [2.75, 3.05) is 6.54 Å². The Morgan fingerprint density at radius 2 is 1.96 bits per heavy atom. The van der Waals surface area contributed by atoms with Crippen LogP contribution in [0, 0.1) is 0 Å². The number of hydrogen-bond acceptors (Lipinski definition) is 3. The predicted molar refractivity (Wildman–Crippen MR) is 84.5 cm³/mol. The summed E-state index contributed by atoms with van der Waals surface area (Å²) in [5.74, 6) is -0.815. The van der Waals surface area contributed by atoms with Crippen LogP contribution in [0.15, 0.2) is 24.3 Å². The van der Waals surface area contributed by atoms with E-state index in [-0.39, 0.29) is 18.5 Å². The smallest absolute Gasteiger partial charge is 0.349 e. The van der Waals surface area contributed by atoms with E-state index in [1.807, 2.05) is 12.1 Å². The van der Waals surface area contributed by atoms with E-state index < -0.39 is 12.0 Å². The van der Waals surface area contributed by atoms with Crippen LogP contribution in [0.3, 0.4) is 0 Å². The van der Waals surface area contributed by atoms with Crippen molar-refractivity contribution in [3.63, 3.8) is 0 Å². The number of imidazole rings is 1. The third-order valence-electron chi connectivity index (χ3n) is 4.71. The first-order chi connectivity index (χ1) is 11.9. The van der Waals surface area contributed by atoms with Gasteiger partial charge in [0.15, 0.2) is 0 Å². The van der Waals surface area contributed by atoms with Gasteiger partial charge in [0.1, 0.15) is 0 Å². The molecule has 0 saturated carbocycles. The number of fused-ring (bicyclic) bond motifs is 1. The van der Waals surface area contributed by atoms with Crippen LogP contribution in [0.4, 0.5) is 13.2 Å². The zero-order valence-corrected chi connectivity index (χ0v) is 13.4. The van der Waals surface area contributed by atoms with Gasteiger partial charge in [-0.05, 0) is 12.0 Å². The Balaban J connectivity index is 1.70. The molecule has 132 valence electrons. The number of carbonyl (C=O) groups excluding carboxylic acids is 1. The molecule has 1 saturated heterocycles. The lowest BCUT2D eigenvalue weighted by molar-refractivity contribution is -0.147. The van der Waals surface area contributed by atoms with Crippen LogP contribution in [-0.2, 0) is 24.1 Å². The topological polar surface area (TPSA) is 59.0 Å². The lowest BCUT2D eigenvalue weighted by Gasteiger charge is -2.19. The van der Waals surface area contributed by atoms with Gasteiger partial charge in [-0.3, -0.25) is 4.79 Å². The first kappa shape index (κ1) is 16.1. The van der Waals surface area contributed by atoms with Crippen molar-refractivity contribution in [1.29, 1.82) is 0 Å². The number of nitrogens with zero attached hydrogens (tertiary/aromatic N) is 2. The molecule has 2 aromatic rings. The Morgan fingerprint density at radius 3 is 2.60 bits per heavy atom. The van der Waals surface area contributed by atoms with E-state index in [2.05, 4.69) is 15.6 Å². The standard InChI is InChI=1S/C17H17F3N4O/c18-17(19,20)16-23-15(13-9-21-7-8-24(13)16)11-3-1-10(2-4-11)12-5-6-14(25)22-12/h1-4,12,21H,5-9H2,(H,22,25). The summed E-state index contributed by atoms with van der Waals surface area (Å²) in [7, 11) is 0. The predicted octanol–water partition coefficient (Wildman–Crippen LogP) is 2.62. The average molecular weight is 350 g/mol. The van der Waals surface area contributed by atoms with Gasteiger partial charge in [-0.25, -0.2) is 4.98 Å². The van der Waals surface area contributed by atoms with Crippen molar-refractivity contribution in [3.8, 4) is 11.3 Å². The van der Waals surface area contributed by atoms with Gasteiger partial charge in [0.05, 0.1) is 17.4 Å². The van der Waals surface area contributed by atoms with Gasteiger partial charge < -0.3 is 15.2 Å². The van der Waals surface area contributed by atoms with Crippen LogP contribution >= 0.6 is 0 Å². The summed E-state index contributed by atoms with van der Waals surface area (Å²) in [5.41, 5.74) is 2.52. The molecule has 1 unspecified atom stereocenters. The molecule has 3 heterocycles. The quantitative estimate of drug-likeness (QED) is 0.875. The number of halogens is 3. The molecule has 0 radical (unpaired) electrons. The Kier molecular flexibility index (Phi) is 3.79. The molecule has 0 bridgehead atoms. The van der Waals surface area contributed by atoms with Crippen molar-refractivity contribution in [3.05, 3.63) is 41.3 Å². The van der Waals surface area contributed by atoms with Crippen molar-refractivity contribution >= 4 is 5.91 Å². The highest BCUT2D eigenvalue weighted by atomic mass is 19.4. The molecule has 25 heavy (non-hydrogen) atoms. The number of hydrogen-bond donors (Lipinski definition) is 2. The van der Waals surface area contributed by atoms with Gasteiger partial charge >= 0.3 is 6.18 Å². The molecule has 2 aliphatic heterocycles. The number of aromatic nitrogens is 2.